The molecule has 0 amide bonds. The Labute approximate surface area is 143 Å². The maximum atomic E-state index is 11.3. The van der Waals surface area contributed by atoms with Gasteiger partial charge in [0.2, 0.25) is 0 Å². The number of aryl methyl sites for hydroxylation is 1. The van der Waals surface area contributed by atoms with Crippen LogP contribution >= 0.6 is 11.3 Å². The highest BCUT2D eigenvalue weighted by Crippen LogP contribution is 2.27. The summed E-state index contributed by atoms with van der Waals surface area (Å²) in [5, 5.41) is 31.1. The van der Waals surface area contributed by atoms with Gasteiger partial charge in [0.1, 0.15) is 11.6 Å². The van der Waals surface area contributed by atoms with Crippen LogP contribution in [0, 0.1) is 13.8 Å². The average Bonchev–Trinajstić information content (AvgIpc) is 2.80. The lowest BCUT2D eigenvalue weighted by atomic mass is 10.1. The lowest BCUT2D eigenvalue weighted by Crippen LogP contribution is -2.52. The molecule has 9 heteroatoms. The number of carbonyl (C=O) groups excluding carboxylic acids is 1. The van der Waals surface area contributed by atoms with E-state index in [-0.39, 0.29) is 18.2 Å². The van der Waals surface area contributed by atoms with Gasteiger partial charge < -0.3 is 25.8 Å². The molecule has 0 aliphatic heterocycles. The summed E-state index contributed by atoms with van der Waals surface area (Å²) in [4.78, 5) is 20.3. The van der Waals surface area contributed by atoms with E-state index >= 15 is 0 Å². The highest BCUT2D eigenvalue weighted by Gasteiger charge is 2.39. The molecule has 0 saturated heterocycles. The van der Waals surface area contributed by atoms with E-state index in [9.17, 15) is 20.1 Å². The summed E-state index contributed by atoms with van der Waals surface area (Å²) in [5.41, 5.74) is 5.10. The zero-order chi connectivity index (χ0) is 18.1. The van der Waals surface area contributed by atoms with Gasteiger partial charge in [-0.05, 0) is 13.8 Å². The van der Waals surface area contributed by atoms with Gasteiger partial charge in [0, 0.05) is 26.1 Å². The Bertz CT molecular complexity index is 773. The maximum absolute atomic E-state index is 11.3. The summed E-state index contributed by atoms with van der Waals surface area (Å²) in [5.74, 6) is -0.768. The van der Waals surface area contributed by atoms with E-state index in [1.54, 1.807) is 24.6 Å². The third kappa shape index (κ3) is 3.37. The van der Waals surface area contributed by atoms with Crippen molar-refractivity contribution in [1.29, 1.82) is 0 Å². The quantitative estimate of drug-likeness (QED) is 0.542. The summed E-state index contributed by atoms with van der Waals surface area (Å²) in [6.45, 7) is 4.81. The predicted molar refractivity (Wildman–Crippen MR) is 84.9 cm³/mol. The van der Waals surface area contributed by atoms with Crippen LogP contribution in [-0.2, 0) is 23.4 Å². The number of aromatic nitrogens is 3. The second kappa shape index (κ2) is 6.80. The molecule has 0 fully saturated rings. The number of nitrogen functional groups attached to an aromatic ring is 1. The number of anilines is 1. The SMILES string of the molecule is Cc1ncc(C[n+]2c(C(C)(O)C(=O)[O-])sc(CCO)c2C)c(N)n1. The standard InChI is InChI=1S/C15H20N4O4S/c1-8-11(4-5-20)24-13(15(3,23)14(21)22)19(8)7-10-6-17-9(2)18-12(10)16/h6,20,23H,4-5,7H2,1-3H3,(H2-,16,17,18,21,22). The van der Waals surface area contributed by atoms with Crippen LogP contribution < -0.4 is 15.4 Å². The molecule has 2 aromatic heterocycles. The summed E-state index contributed by atoms with van der Waals surface area (Å²) >= 11 is 1.12. The van der Waals surface area contributed by atoms with Crippen molar-refractivity contribution in [2.24, 2.45) is 0 Å². The van der Waals surface area contributed by atoms with Crippen molar-refractivity contribution < 1.29 is 24.7 Å². The van der Waals surface area contributed by atoms with Gasteiger partial charge in [-0.3, -0.25) is 0 Å². The number of aliphatic hydroxyl groups is 2. The van der Waals surface area contributed by atoms with Crippen molar-refractivity contribution in [1.82, 2.24) is 9.97 Å². The van der Waals surface area contributed by atoms with E-state index in [1.807, 2.05) is 0 Å². The zero-order valence-electron chi connectivity index (χ0n) is 13.7. The summed E-state index contributed by atoms with van der Waals surface area (Å²) in [6.07, 6.45) is 1.94. The van der Waals surface area contributed by atoms with E-state index < -0.39 is 11.6 Å². The number of aliphatic carboxylic acids is 1. The van der Waals surface area contributed by atoms with Crippen molar-refractivity contribution in [2.45, 2.75) is 39.3 Å². The molecule has 8 nitrogen and oxygen atoms in total. The van der Waals surface area contributed by atoms with Gasteiger partial charge in [0.15, 0.2) is 17.8 Å². The fraction of sp³-hybridized carbons (Fsp3) is 0.467. The number of rotatable bonds is 6. The van der Waals surface area contributed by atoms with Crippen LogP contribution in [0.15, 0.2) is 6.20 Å². The van der Waals surface area contributed by atoms with E-state index in [2.05, 4.69) is 9.97 Å². The Morgan fingerprint density at radius 1 is 1.50 bits per heavy atom. The van der Waals surface area contributed by atoms with Crippen LogP contribution in [-0.4, -0.2) is 32.8 Å². The molecule has 1 unspecified atom stereocenters. The molecular formula is C15H20N4O4S. The number of carboxylic acid groups (broad SMARTS) is 1. The van der Waals surface area contributed by atoms with E-state index in [4.69, 9.17) is 5.73 Å². The van der Waals surface area contributed by atoms with Crippen LogP contribution in [0.3, 0.4) is 0 Å². The fourth-order valence-electron chi connectivity index (χ4n) is 2.33. The van der Waals surface area contributed by atoms with Gasteiger partial charge in [-0.1, -0.05) is 11.3 Å². The van der Waals surface area contributed by atoms with Crippen LogP contribution in [0.2, 0.25) is 0 Å². The van der Waals surface area contributed by atoms with E-state index in [0.717, 1.165) is 21.9 Å². The number of thiazole rings is 1. The van der Waals surface area contributed by atoms with Crippen LogP contribution in [0.5, 0.6) is 0 Å². The topological polar surface area (TPSA) is 136 Å². The molecule has 0 spiro atoms. The molecule has 130 valence electrons. The Balaban J connectivity index is 2.56. The maximum Gasteiger partial charge on any atom is 0.275 e. The van der Waals surface area contributed by atoms with Crippen molar-refractivity contribution in [2.75, 3.05) is 12.3 Å². The first-order valence-corrected chi connectivity index (χ1v) is 8.15. The Morgan fingerprint density at radius 2 is 2.17 bits per heavy atom. The summed E-state index contributed by atoms with van der Waals surface area (Å²) in [6, 6.07) is 0. The van der Waals surface area contributed by atoms with Crippen molar-refractivity contribution >= 4 is 23.1 Å². The fourth-order valence-corrected chi connectivity index (χ4v) is 3.60. The molecule has 0 saturated carbocycles. The summed E-state index contributed by atoms with van der Waals surface area (Å²) < 4.78 is 1.65. The second-order valence-electron chi connectivity index (χ2n) is 5.66. The Hall–Kier alpha value is -2.10. The number of aliphatic hydroxyl groups excluding tert-OH is 1. The first-order valence-electron chi connectivity index (χ1n) is 7.33. The Morgan fingerprint density at radius 3 is 2.71 bits per heavy atom. The average molecular weight is 352 g/mol. The number of carbonyl (C=O) groups is 1. The highest BCUT2D eigenvalue weighted by atomic mass is 32.1. The third-order valence-electron chi connectivity index (χ3n) is 3.77. The zero-order valence-corrected chi connectivity index (χ0v) is 14.6. The molecule has 2 heterocycles. The first-order chi connectivity index (χ1) is 11.2. The molecule has 0 aromatic carbocycles. The van der Waals surface area contributed by atoms with E-state index in [1.165, 1.54) is 6.92 Å². The molecular weight excluding hydrogens is 332 g/mol. The predicted octanol–water partition coefficient (Wildman–Crippen LogP) is -1.43. The monoisotopic (exact) mass is 352 g/mol. The first kappa shape index (κ1) is 18.2. The van der Waals surface area contributed by atoms with Crippen molar-refractivity contribution in [3.63, 3.8) is 0 Å². The van der Waals surface area contributed by atoms with Crippen LogP contribution in [0.1, 0.15) is 33.9 Å². The molecule has 1 atom stereocenters. The third-order valence-corrected chi connectivity index (χ3v) is 5.33. The van der Waals surface area contributed by atoms with Gasteiger partial charge in [0.25, 0.3) is 5.01 Å². The Kier molecular flexibility index (Phi) is 5.16. The van der Waals surface area contributed by atoms with Crippen molar-refractivity contribution in [3.05, 3.63) is 33.2 Å². The van der Waals surface area contributed by atoms with Gasteiger partial charge in [-0.25, -0.2) is 9.97 Å². The van der Waals surface area contributed by atoms with Crippen LogP contribution in [0.25, 0.3) is 0 Å². The largest absolute Gasteiger partial charge is 0.546 e. The lowest BCUT2D eigenvalue weighted by Gasteiger charge is -2.19. The number of hydrogen-bond donors (Lipinski definition) is 3. The number of carboxylic acids is 1. The van der Waals surface area contributed by atoms with Crippen LogP contribution in [0.4, 0.5) is 5.82 Å². The normalized spacial score (nSPS) is 13.7. The molecule has 0 aliphatic carbocycles. The number of nitrogens with zero attached hydrogens (tertiary/aromatic N) is 3. The second-order valence-corrected chi connectivity index (χ2v) is 6.75. The van der Waals surface area contributed by atoms with Gasteiger partial charge in [-0.15, -0.1) is 0 Å². The summed E-state index contributed by atoms with van der Waals surface area (Å²) in [7, 11) is 0. The molecule has 4 N–H and O–H groups in total. The lowest BCUT2D eigenvalue weighted by molar-refractivity contribution is -0.702. The molecule has 0 radical (unpaired) electrons. The minimum atomic E-state index is -2.16. The van der Waals surface area contributed by atoms with Gasteiger partial charge in [0.05, 0.1) is 16.4 Å². The molecule has 0 bridgehead atoms. The molecule has 2 aromatic rings. The number of hydrogen-bond acceptors (Lipinski definition) is 8. The van der Waals surface area contributed by atoms with Gasteiger partial charge >= 0.3 is 0 Å². The molecule has 24 heavy (non-hydrogen) atoms. The smallest absolute Gasteiger partial charge is 0.275 e. The minimum absolute atomic E-state index is 0.0793. The van der Waals surface area contributed by atoms with Crippen molar-refractivity contribution in [3.8, 4) is 0 Å². The van der Waals surface area contributed by atoms with Gasteiger partial charge in [-0.2, -0.15) is 4.57 Å². The van der Waals surface area contributed by atoms with E-state index in [0.29, 0.717) is 23.6 Å². The molecule has 2 rings (SSSR count). The minimum Gasteiger partial charge on any atom is -0.546 e. The molecule has 0 aliphatic rings. The highest BCUT2D eigenvalue weighted by molar-refractivity contribution is 7.11. The number of nitrogens with two attached hydrogens (primary N) is 1.